The molecule has 1 aromatic rings. The third-order valence-electron chi connectivity index (χ3n) is 4.61. The van der Waals surface area contributed by atoms with Crippen molar-refractivity contribution >= 4 is 0 Å². The predicted octanol–water partition coefficient (Wildman–Crippen LogP) is 3.99. The summed E-state index contributed by atoms with van der Waals surface area (Å²) in [7, 11) is 0. The van der Waals surface area contributed by atoms with Crippen molar-refractivity contribution in [1.29, 1.82) is 0 Å². The van der Waals surface area contributed by atoms with E-state index in [9.17, 15) is 0 Å². The average molecular weight is 274 g/mol. The molecule has 1 heterocycles. The van der Waals surface area contributed by atoms with Crippen LogP contribution in [-0.2, 0) is 0 Å². The third-order valence-corrected chi connectivity index (χ3v) is 4.61. The molecule has 0 aromatic heterocycles. The minimum absolute atomic E-state index is 0.458. The lowest BCUT2D eigenvalue weighted by atomic mass is 9.95. The number of nitrogens with one attached hydrogen (secondary N) is 1. The van der Waals surface area contributed by atoms with E-state index in [0.717, 1.165) is 13.1 Å². The van der Waals surface area contributed by atoms with Crippen LogP contribution in [0.25, 0.3) is 0 Å². The van der Waals surface area contributed by atoms with Gasteiger partial charge in [-0.2, -0.15) is 0 Å². The highest BCUT2D eigenvalue weighted by Crippen LogP contribution is 2.25. The Hall–Kier alpha value is -0.860. The van der Waals surface area contributed by atoms with Crippen LogP contribution in [0.2, 0.25) is 0 Å². The Balaban J connectivity index is 2.06. The molecule has 0 aliphatic carbocycles. The van der Waals surface area contributed by atoms with Crippen LogP contribution in [0.1, 0.15) is 58.1 Å². The lowest BCUT2D eigenvalue weighted by molar-refractivity contribution is 0.0908. The number of hydrogen-bond acceptors (Lipinski definition) is 2. The fourth-order valence-corrected chi connectivity index (χ4v) is 3.34. The Labute approximate surface area is 124 Å². The number of likely N-dealkylation sites (tertiary alicyclic amines) is 1. The van der Waals surface area contributed by atoms with Crippen molar-refractivity contribution in [3.8, 4) is 0 Å². The number of hydrogen-bond donors (Lipinski definition) is 1. The minimum atomic E-state index is 0.458. The Bertz CT molecular complexity index is 366. The van der Waals surface area contributed by atoms with E-state index in [1.807, 2.05) is 0 Å². The van der Waals surface area contributed by atoms with E-state index in [2.05, 4.69) is 61.3 Å². The first kappa shape index (κ1) is 15.5. The average Bonchev–Trinajstić information content (AvgIpc) is 2.47. The number of nitrogens with zero attached hydrogens (tertiary/aromatic N) is 1. The van der Waals surface area contributed by atoms with Crippen LogP contribution in [0.15, 0.2) is 30.3 Å². The second-order valence-corrected chi connectivity index (χ2v) is 6.24. The molecule has 0 amide bonds. The Morgan fingerprint density at radius 1 is 1.15 bits per heavy atom. The summed E-state index contributed by atoms with van der Waals surface area (Å²) in [6, 6.07) is 12.8. The summed E-state index contributed by atoms with van der Waals surface area (Å²) in [5.74, 6) is 0. The summed E-state index contributed by atoms with van der Waals surface area (Å²) >= 11 is 0. The normalized spacial score (nSPS) is 25.6. The molecule has 0 radical (unpaired) electrons. The smallest absolute Gasteiger partial charge is 0.0449 e. The van der Waals surface area contributed by atoms with Gasteiger partial charge < -0.3 is 5.32 Å². The first-order valence-corrected chi connectivity index (χ1v) is 8.26. The molecular formula is C18H30N2. The van der Waals surface area contributed by atoms with E-state index in [0.29, 0.717) is 18.1 Å². The van der Waals surface area contributed by atoms with Crippen LogP contribution in [0, 0.1) is 0 Å². The van der Waals surface area contributed by atoms with Crippen LogP contribution < -0.4 is 5.32 Å². The molecule has 1 fully saturated rings. The minimum Gasteiger partial charge on any atom is -0.309 e. The van der Waals surface area contributed by atoms with Crippen molar-refractivity contribution in [2.24, 2.45) is 0 Å². The van der Waals surface area contributed by atoms with Crippen LogP contribution in [0.4, 0.5) is 0 Å². The van der Waals surface area contributed by atoms with Crippen molar-refractivity contribution in [3.05, 3.63) is 35.9 Å². The first-order valence-electron chi connectivity index (χ1n) is 8.26. The molecule has 2 heteroatoms. The molecule has 2 rings (SSSR count). The molecule has 1 saturated heterocycles. The lowest BCUT2D eigenvalue weighted by Crippen LogP contribution is -2.47. The van der Waals surface area contributed by atoms with Crippen molar-refractivity contribution < 1.29 is 0 Å². The molecule has 1 aliphatic heterocycles. The summed E-state index contributed by atoms with van der Waals surface area (Å²) < 4.78 is 0. The number of rotatable bonds is 6. The summed E-state index contributed by atoms with van der Waals surface area (Å²) in [5, 5.41) is 3.73. The van der Waals surface area contributed by atoms with E-state index >= 15 is 0 Å². The van der Waals surface area contributed by atoms with Gasteiger partial charge in [0.25, 0.3) is 0 Å². The quantitative estimate of drug-likeness (QED) is 0.844. The second kappa shape index (κ2) is 7.80. The summed E-state index contributed by atoms with van der Waals surface area (Å²) in [6.45, 7) is 9.23. The molecule has 1 aliphatic rings. The molecule has 3 atom stereocenters. The zero-order valence-corrected chi connectivity index (χ0v) is 13.3. The Kier molecular flexibility index (Phi) is 6.06. The van der Waals surface area contributed by atoms with Gasteiger partial charge >= 0.3 is 0 Å². The van der Waals surface area contributed by atoms with Gasteiger partial charge in [0.05, 0.1) is 0 Å². The highest BCUT2D eigenvalue weighted by molar-refractivity contribution is 5.19. The number of benzene rings is 1. The molecule has 0 spiro atoms. The second-order valence-electron chi connectivity index (χ2n) is 6.24. The van der Waals surface area contributed by atoms with Gasteiger partial charge in [-0.05, 0) is 45.2 Å². The van der Waals surface area contributed by atoms with Gasteiger partial charge in [0.15, 0.2) is 0 Å². The maximum Gasteiger partial charge on any atom is 0.0449 e. The zero-order valence-electron chi connectivity index (χ0n) is 13.3. The fourth-order valence-electron chi connectivity index (χ4n) is 3.34. The Morgan fingerprint density at radius 3 is 2.40 bits per heavy atom. The largest absolute Gasteiger partial charge is 0.309 e. The highest BCUT2D eigenvalue weighted by Gasteiger charge is 2.27. The molecule has 20 heavy (non-hydrogen) atoms. The maximum atomic E-state index is 3.73. The van der Waals surface area contributed by atoms with Gasteiger partial charge in [0, 0.05) is 24.7 Å². The van der Waals surface area contributed by atoms with Gasteiger partial charge in [-0.3, -0.25) is 4.90 Å². The van der Waals surface area contributed by atoms with E-state index in [4.69, 9.17) is 0 Å². The molecule has 0 bridgehead atoms. The Morgan fingerprint density at radius 2 is 1.80 bits per heavy atom. The molecule has 112 valence electrons. The fraction of sp³-hybridized carbons (Fsp3) is 0.667. The van der Waals surface area contributed by atoms with Crippen LogP contribution in [0.5, 0.6) is 0 Å². The zero-order chi connectivity index (χ0) is 14.4. The monoisotopic (exact) mass is 274 g/mol. The van der Waals surface area contributed by atoms with Crippen molar-refractivity contribution in [2.45, 2.75) is 64.6 Å². The van der Waals surface area contributed by atoms with Crippen LogP contribution in [0.3, 0.4) is 0 Å². The summed E-state index contributed by atoms with van der Waals surface area (Å²) in [5.41, 5.74) is 1.42. The van der Waals surface area contributed by atoms with Crippen LogP contribution in [-0.4, -0.2) is 30.1 Å². The summed E-state index contributed by atoms with van der Waals surface area (Å²) in [4.78, 5) is 2.70. The van der Waals surface area contributed by atoms with E-state index in [1.165, 1.54) is 31.2 Å². The van der Waals surface area contributed by atoms with E-state index < -0.39 is 0 Å². The molecule has 1 unspecified atom stereocenters. The first-order chi connectivity index (χ1) is 9.72. The van der Waals surface area contributed by atoms with E-state index in [-0.39, 0.29) is 0 Å². The van der Waals surface area contributed by atoms with Crippen molar-refractivity contribution in [3.63, 3.8) is 0 Å². The molecule has 0 saturated carbocycles. The SMILES string of the molecule is CCCNC(CN1[C@H](C)CCC[C@@H]1C)c1ccccc1. The van der Waals surface area contributed by atoms with E-state index in [1.54, 1.807) is 0 Å². The van der Waals surface area contributed by atoms with Gasteiger partial charge in [-0.25, -0.2) is 0 Å². The highest BCUT2D eigenvalue weighted by atomic mass is 15.2. The maximum absolute atomic E-state index is 3.73. The van der Waals surface area contributed by atoms with Crippen molar-refractivity contribution in [2.75, 3.05) is 13.1 Å². The number of piperidine rings is 1. The lowest BCUT2D eigenvalue weighted by Gasteiger charge is -2.41. The predicted molar refractivity (Wildman–Crippen MR) is 87.0 cm³/mol. The standard InChI is InChI=1S/C18H30N2/c1-4-13-19-18(17-11-6-5-7-12-17)14-20-15(2)9-8-10-16(20)3/h5-7,11-12,15-16,18-19H,4,8-10,13-14H2,1-3H3/t15-,16+,18?. The summed E-state index contributed by atoms with van der Waals surface area (Å²) in [6.07, 6.45) is 5.27. The molecule has 2 nitrogen and oxygen atoms in total. The van der Waals surface area contributed by atoms with Gasteiger partial charge in [0.2, 0.25) is 0 Å². The molecule has 1 aromatic carbocycles. The molecule has 1 N–H and O–H groups in total. The topological polar surface area (TPSA) is 15.3 Å². The van der Waals surface area contributed by atoms with Crippen molar-refractivity contribution in [1.82, 2.24) is 10.2 Å². The van der Waals surface area contributed by atoms with Crippen LogP contribution >= 0.6 is 0 Å². The van der Waals surface area contributed by atoms with Gasteiger partial charge in [-0.1, -0.05) is 43.7 Å². The van der Waals surface area contributed by atoms with Gasteiger partial charge in [-0.15, -0.1) is 0 Å². The molecular weight excluding hydrogens is 244 g/mol. The third kappa shape index (κ3) is 4.07. The van der Waals surface area contributed by atoms with Gasteiger partial charge in [0.1, 0.15) is 0 Å².